The summed E-state index contributed by atoms with van der Waals surface area (Å²) in [7, 11) is 0. The van der Waals surface area contributed by atoms with E-state index in [9.17, 15) is 18.0 Å². The number of aromatic amines is 1. The lowest BCUT2D eigenvalue weighted by Crippen LogP contribution is -2.46. The molecule has 14 heteroatoms. The third-order valence-electron chi connectivity index (χ3n) is 8.23. The van der Waals surface area contributed by atoms with Crippen molar-refractivity contribution in [3.05, 3.63) is 65.6 Å². The van der Waals surface area contributed by atoms with Crippen molar-refractivity contribution in [1.82, 2.24) is 39.6 Å². The fourth-order valence-corrected chi connectivity index (χ4v) is 5.78. The zero-order valence-electron chi connectivity index (χ0n) is 24.6. The van der Waals surface area contributed by atoms with Crippen LogP contribution in [-0.2, 0) is 19.3 Å². The van der Waals surface area contributed by atoms with E-state index < -0.39 is 17.9 Å². The normalized spacial score (nSPS) is 17.9. The number of alkyl halides is 3. The van der Waals surface area contributed by atoms with Gasteiger partial charge in [0.25, 0.3) is 0 Å². The van der Waals surface area contributed by atoms with Gasteiger partial charge in [-0.2, -0.15) is 13.2 Å². The third kappa shape index (κ3) is 6.31. The fourth-order valence-electron chi connectivity index (χ4n) is 5.78. The molecule has 4 aromatic heterocycles. The topological polar surface area (TPSA) is 115 Å². The molecule has 0 aliphatic carbocycles. The minimum atomic E-state index is -4.71. The minimum Gasteiger partial charge on any atom is -0.455 e. The highest BCUT2D eigenvalue weighted by Gasteiger charge is 2.38. The number of aromatic nitrogens is 5. The number of nitrogens with zero attached hydrogens (tertiary/aromatic N) is 7. The number of rotatable bonds is 7. The van der Waals surface area contributed by atoms with Crippen molar-refractivity contribution in [1.29, 1.82) is 0 Å². The van der Waals surface area contributed by atoms with Crippen LogP contribution in [0.5, 0.6) is 11.5 Å². The molecule has 232 valence electrons. The molecule has 4 aromatic rings. The van der Waals surface area contributed by atoms with E-state index in [4.69, 9.17) is 4.74 Å². The van der Waals surface area contributed by atoms with E-state index in [1.54, 1.807) is 29.6 Å². The standard InChI is InChI=1S/C30H34F3N9O2/c1-3-19-16-42(17-20-13-21(14-37-26(19)20)44-24-6-8-35-28-22(24)5-7-34-28)29(43)39-25-15-36-23(27(38-25)30(31,32)33)18-41-11-9-40(4-2)10-12-41/h5-8,13-15,19H,3-4,9-12,16-18H2,1-2H3,(H,34,35)(H,38,39,43). The summed E-state index contributed by atoms with van der Waals surface area (Å²) in [5.41, 5.74) is 1.14. The Morgan fingerprint density at radius 1 is 1.09 bits per heavy atom. The van der Waals surface area contributed by atoms with Gasteiger partial charge in [-0.3, -0.25) is 20.2 Å². The average Bonchev–Trinajstić information content (AvgIpc) is 3.51. The van der Waals surface area contributed by atoms with Gasteiger partial charge in [0, 0.05) is 64.1 Å². The van der Waals surface area contributed by atoms with E-state index >= 15 is 0 Å². The SMILES string of the molecule is CCC1CN(C(=O)Nc2cnc(CN3CCN(CC)CC3)c(C(F)(F)F)n2)Cc2cc(Oc3ccnc4[nH]ccc34)cnc21. The first kappa shape index (κ1) is 29.8. The number of H-pyrrole nitrogens is 1. The zero-order chi connectivity index (χ0) is 30.8. The van der Waals surface area contributed by atoms with Crippen LogP contribution in [-0.4, -0.2) is 84.9 Å². The highest BCUT2D eigenvalue weighted by atomic mass is 19.4. The second-order valence-electron chi connectivity index (χ2n) is 11.0. The Morgan fingerprint density at radius 3 is 2.64 bits per heavy atom. The number of urea groups is 1. The molecule has 1 fully saturated rings. The van der Waals surface area contributed by atoms with Crippen LogP contribution >= 0.6 is 0 Å². The first-order chi connectivity index (χ1) is 21.2. The Hall–Kier alpha value is -4.30. The molecular formula is C30H34F3N9O2. The number of carbonyl (C=O) groups is 1. The van der Waals surface area contributed by atoms with Crippen molar-refractivity contribution in [2.24, 2.45) is 0 Å². The Morgan fingerprint density at radius 2 is 1.89 bits per heavy atom. The number of halogens is 3. The number of amides is 2. The summed E-state index contributed by atoms with van der Waals surface area (Å²) in [6.07, 6.45) is 2.29. The molecule has 1 atom stereocenters. The smallest absolute Gasteiger partial charge is 0.435 e. The highest BCUT2D eigenvalue weighted by Crippen LogP contribution is 2.35. The van der Waals surface area contributed by atoms with Gasteiger partial charge in [0.2, 0.25) is 0 Å². The Balaban J connectivity index is 1.17. The molecule has 0 spiro atoms. The molecule has 11 nitrogen and oxygen atoms in total. The number of ether oxygens (including phenoxy) is 1. The molecule has 0 bridgehead atoms. The van der Waals surface area contributed by atoms with Crippen molar-refractivity contribution in [3.8, 4) is 11.5 Å². The molecule has 0 radical (unpaired) electrons. The Labute approximate surface area is 252 Å². The average molecular weight is 610 g/mol. The lowest BCUT2D eigenvalue weighted by atomic mass is 9.93. The van der Waals surface area contributed by atoms with Crippen LogP contribution in [0, 0.1) is 0 Å². The predicted molar refractivity (Wildman–Crippen MR) is 157 cm³/mol. The highest BCUT2D eigenvalue weighted by molar-refractivity contribution is 5.88. The van der Waals surface area contributed by atoms with E-state index in [0.717, 1.165) is 42.7 Å². The first-order valence-corrected chi connectivity index (χ1v) is 14.7. The molecule has 6 rings (SSSR count). The minimum absolute atomic E-state index is 0.0429. The van der Waals surface area contributed by atoms with E-state index in [2.05, 4.69) is 42.1 Å². The molecule has 0 aromatic carbocycles. The van der Waals surface area contributed by atoms with Crippen molar-refractivity contribution in [2.45, 2.75) is 45.5 Å². The molecule has 1 saturated heterocycles. The quantitative estimate of drug-likeness (QED) is 0.293. The monoisotopic (exact) mass is 609 g/mol. The number of hydrogen-bond acceptors (Lipinski definition) is 8. The van der Waals surface area contributed by atoms with Crippen molar-refractivity contribution < 1.29 is 22.7 Å². The molecule has 6 heterocycles. The van der Waals surface area contributed by atoms with E-state index in [0.29, 0.717) is 36.8 Å². The third-order valence-corrected chi connectivity index (χ3v) is 8.23. The summed E-state index contributed by atoms with van der Waals surface area (Å²) >= 11 is 0. The summed E-state index contributed by atoms with van der Waals surface area (Å²) in [4.78, 5) is 39.0. The number of fused-ring (bicyclic) bond motifs is 2. The van der Waals surface area contributed by atoms with Crippen LogP contribution in [0.15, 0.2) is 43.0 Å². The molecule has 0 saturated carbocycles. The van der Waals surface area contributed by atoms with Crippen LogP contribution in [0.2, 0.25) is 0 Å². The van der Waals surface area contributed by atoms with Gasteiger partial charge in [-0.1, -0.05) is 13.8 Å². The van der Waals surface area contributed by atoms with Gasteiger partial charge < -0.3 is 19.5 Å². The van der Waals surface area contributed by atoms with E-state index in [1.165, 1.54) is 6.20 Å². The first-order valence-electron chi connectivity index (χ1n) is 14.7. The van der Waals surface area contributed by atoms with Gasteiger partial charge in [0.15, 0.2) is 11.5 Å². The lowest BCUT2D eigenvalue weighted by Gasteiger charge is -2.34. The van der Waals surface area contributed by atoms with Gasteiger partial charge in [0.05, 0.1) is 29.2 Å². The number of piperazine rings is 1. The number of carbonyl (C=O) groups excluding carboxylic acids is 1. The maximum atomic E-state index is 14.0. The summed E-state index contributed by atoms with van der Waals surface area (Å²) in [6, 6.07) is 4.92. The van der Waals surface area contributed by atoms with Crippen LogP contribution in [0.25, 0.3) is 11.0 Å². The number of nitrogens with one attached hydrogen (secondary N) is 2. The van der Waals surface area contributed by atoms with Crippen molar-refractivity contribution in [3.63, 3.8) is 0 Å². The summed E-state index contributed by atoms with van der Waals surface area (Å²) in [5.74, 6) is 0.815. The summed E-state index contributed by atoms with van der Waals surface area (Å²) in [6.45, 7) is 8.48. The lowest BCUT2D eigenvalue weighted by molar-refractivity contribution is -0.142. The predicted octanol–water partition coefficient (Wildman–Crippen LogP) is 5.24. The van der Waals surface area contributed by atoms with Gasteiger partial charge in [-0.25, -0.2) is 14.8 Å². The molecule has 2 aliphatic heterocycles. The van der Waals surface area contributed by atoms with E-state index in [1.807, 2.05) is 24.0 Å². The fraction of sp³-hybridized carbons (Fsp3) is 0.433. The summed E-state index contributed by atoms with van der Waals surface area (Å²) in [5, 5.41) is 3.37. The maximum absolute atomic E-state index is 14.0. The van der Waals surface area contributed by atoms with Crippen LogP contribution in [0.1, 0.15) is 48.8 Å². The Kier molecular flexibility index (Phi) is 8.36. The van der Waals surface area contributed by atoms with Gasteiger partial charge in [-0.05, 0) is 36.7 Å². The van der Waals surface area contributed by atoms with Crippen LogP contribution in [0.3, 0.4) is 0 Å². The molecule has 1 unspecified atom stereocenters. The molecular weight excluding hydrogens is 575 g/mol. The van der Waals surface area contributed by atoms with Crippen LogP contribution in [0.4, 0.5) is 23.8 Å². The summed E-state index contributed by atoms with van der Waals surface area (Å²) < 4.78 is 48.2. The second-order valence-corrected chi connectivity index (χ2v) is 11.0. The van der Waals surface area contributed by atoms with Gasteiger partial charge >= 0.3 is 12.2 Å². The zero-order valence-corrected chi connectivity index (χ0v) is 24.6. The number of pyridine rings is 2. The Bertz CT molecular complexity index is 1640. The van der Waals surface area contributed by atoms with E-state index in [-0.39, 0.29) is 30.5 Å². The molecule has 2 aliphatic rings. The molecule has 2 N–H and O–H groups in total. The number of anilines is 1. The molecule has 44 heavy (non-hydrogen) atoms. The largest absolute Gasteiger partial charge is 0.455 e. The molecule has 2 amide bonds. The number of hydrogen-bond donors (Lipinski definition) is 2. The van der Waals surface area contributed by atoms with Gasteiger partial charge in [-0.15, -0.1) is 0 Å². The van der Waals surface area contributed by atoms with Gasteiger partial charge in [0.1, 0.15) is 17.1 Å². The maximum Gasteiger partial charge on any atom is 0.435 e. The number of likely N-dealkylation sites (N-methyl/N-ethyl adjacent to an activating group) is 1. The second kappa shape index (κ2) is 12.4. The van der Waals surface area contributed by atoms with Crippen LogP contribution < -0.4 is 10.1 Å². The van der Waals surface area contributed by atoms with Crippen molar-refractivity contribution in [2.75, 3.05) is 44.6 Å². The van der Waals surface area contributed by atoms with Crippen molar-refractivity contribution >= 4 is 22.9 Å².